The number of piperazine rings is 1. The second-order valence-electron chi connectivity index (χ2n) is 9.40. The Morgan fingerprint density at radius 3 is 2.08 bits per heavy atom. The molecule has 1 aromatic carbocycles. The van der Waals surface area contributed by atoms with Crippen LogP contribution in [0.5, 0.6) is 0 Å². The number of carbonyl (C=O) groups excluding carboxylic acids is 1. The number of rotatable bonds is 3. The molecule has 0 atom stereocenters. The molecule has 0 N–H and O–H groups in total. The summed E-state index contributed by atoms with van der Waals surface area (Å²) in [7, 11) is 0. The molecular formula is C22H34N2O2. The van der Waals surface area contributed by atoms with Crippen molar-refractivity contribution in [1.29, 1.82) is 0 Å². The van der Waals surface area contributed by atoms with Crippen LogP contribution in [0.2, 0.25) is 0 Å². The van der Waals surface area contributed by atoms with Crippen molar-refractivity contribution in [3.63, 3.8) is 0 Å². The highest BCUT2D eigenvalue weighted by atomic mass is 16.6. The smallest absolute Gasteiger partial charge is 0.410 e. The first kappa shape index (κ1) is 19.2. The van der Waals surface area contributed by atoms with Gasteiger partial charge >= 0.3 is 6.09 Å². The fraction of sp³-hybridized carbons (Fsp3) is 0.682. The van der Waals surface area contributed by atoms with E-state index < -0.39 is 5.60 Å². The SMILES string of the molecule is CC(C)CC1(N2CCN(C(=O)OC(C)(C)C)CC2)Cc2ccccc2C1. The molecule has 4 heteroatoms. The van der Waals surface area contributed by atoms with Crippen LogP contribution in [0.15, 0.2) is 24.3 Å². The fourth-order valence-corrected chi connectivity index (χ4v) is 4.62. The number of nitrogens with zero attached hydrogens (tertiary/aromatic N) is 2. The highest BCUT2D eigenvalue weighted by Gasteiger charge is 2.43. The van der Waals surface area contributed by atoms with Crippen molar-refractivity contribution in [2.45, 2.75) is 65.0 Å². The molecule has 1 heterocycles. The fourth-order valence-electron chi connectivity index (χ4n) is 4.62. The molecule has 0 aromatic heterocycles. The number of carbonyl (C=O) groups is 1. The lowest BCUT2D eigenvalue weighted by Gasteiger charge is -2.47. The van der Waals surface area contributed by atoms with Crippen LogP contribution in [0.4, 0.5) is 4.79 Å². The van der Waals surface area contributed by atoms with Crippen LogP contribution < -0.4 is 0 Å². The molecule has 1 amide bonds. The van der Waals surface area contributed by atoms with Gasteiger partial charge in [0, 0.05) is 31.7 Å². The van der Waals surface area contributed by atoms with Gasteiger partial charge in [0.25, 0.3) is 0 Å². The lowest BCUT2D eigenvalue weighted by Crippen LogP contribution is -2.59. The predicted octanol–water partition coefficient (Wildman–Crippen LogP) is 4.12. The molecule has 26 heavy (non-hydrogen) atoms. The van der Waals surface area contributed by atoms with E-state index >= 15 is 0 Å². The normalized spacial score (nSPS) is 20.3. The standard InChI is InChI=1S/C22H34N2O2/c1-17(2)14-22(15-18-8-6-7-9-19(18)16-22)24-12-10-23(11-13-24)20(25)26-21(3,4)5/h6-9,17H,10-16H2,1-5H3. The summed E-state index contributed by atoms with van der Waals surface area (Å²) in [6.07, 6.45) is 3.29. The third-order valence-corrected chi connectivity index (χ3v) is 5.55. The van der Waals surface area contributed by atoms with E-state index in [1.54, 1.807) is 0 Å². The van der Waals surface area contributed by atoms with E-state index in [-0.39, 0.29) is 11.6 Å². The highest BCUT2D eigenvalue weighted by molar-refractivity contribution is 5.68. The van der Waals surface area contributed by atoms with Crippen molar-refractivity contribution in [3.05, 3.63) is 35.4 Å². The van der Waals surface area contributed by atoms with Gasteiger partial charge in [-0.25, -0.2) is 4.79 Å². The van der Waals surface area contributed by atoms with Crippen LogP contribution >= 0.6 is 0 Å². The highest BCUT2D eigenvalue weighted by Crippen LogP contribution is 2.39. The Balaban J connectivity index is 1.69. The third-order valence-electron chi connectivity index (χ3n) is 5.55. The minimum Gasteiger partial charge on any atom is -0.444 e. The third kappa shape index (κ3) is 4.22. The van der Waals surface area contributed by atoms with Gasteiger partial charge in [0.05, 0.1) is 0 Å². The molecule has 0 unspecified atom stereocenters. The molecular weight excluding hydrogens is 324 g/mol. The van der Waals surface area contributed by atoms with Gasteiger partial charge in [-0.05, 0) is 57.1 Å². The minimum atomic E-state index is -0.430. The molecule has 0 radical (unpaired) electrons. The number of hydrogen-bond donors (Lipinski definition) is 0. The van der Waals surface area contributed by atoms with E-state index in [0.29, 0.717) is 5.92 Å². The predicted molar refractivity (Wildman–Crippen MR) is 105 cm³/mol. The Morgan fingerprint density at radius 1 is 1.08 bits per heavy atom. The van der Waals surface area contributed by atoms with Gasteiger partial charge in [-0.1, -0.05) is 38.1 Å². The maximum atomic E-state index is 12.4. The molecule has 1 aromatic rings. The average molecular weight is 359 g/mol. The minimum absolute atomic E-state index is 0.176. The molecule has 1 aliphatic carbocycles. The van der Waals surface area contributed by atoms with Gasteiger partial charge < -0.3 is 9.64 Å². The summed E-state index contributed by atoms with van der Waals surface area (Å²) in [5.41, 5.74) is 2.78. The summed E-state index contributed by atoms with van der Waals surface area (Å²) in [6, 6.07) is 8.89. The number of amides is 1. The summed E-state index contributed by atoms with van der Waals surface area (Å²) in [6.45, 7) is 13.8. The number of hydrogen-bond acceptors (Lipinski definition) is 3. The zero-order valence-electron chi connectivity index (χ0n) is 17.0. The van der Waals surface area contributed by atoms with Crippen molar-refractivity contribution >= 4 is 6.09 Å². The van der Waals surface area contributed by atoms with Crippen LogP contribution in [0.25, 0.3) is 0 Å². The Hall–Kier alpha value is -1.55. The largest absolute Gasteiger partial charge is 0.444 e. The molecule has 1 saturated heterocycles. The van der Waals surface area contributed by atoms with Crippen molar-refractivity contribution in [3.8, 4) is 0 Å². The van der Waals surface area contributed by atoms with Gasteiger partial charge in [-0.3, -0.25) is 4.90 Å². The van der Waals surface area contributed by atoms with Crippen LogP contribution in [0, 0.1) is 5.92 Å². The van der Waals surface area contributed by atoms with Crippen molar-refractivity contribution in [2.75, 3.05) is 26.2 Å². The monoisotopic (exact) mass is 358 g/mol. The second-order valence-corrected chi connectivity index (χ2v) is 9.40. The first-order valence-electron chi connectivity index (χ1n) is 9.98. The van der Waals surface area contributed by atoms with E-state index in [1.165, 1.54) is 17.5 Å². The molecule has 3 rings (SSSR count). The van der Waals surface area contributed by atoms with Gasteiger partial charge in [0.2, 0.25) is 0 Å². The first-order valence-corrected chi connectivity index (χ1v) is 9.98. The zero-order chi connectivity index (χ0) is 18.9. The van der Waals surface area contributed by atoms with Gasteiger partial charge in [-0.15, -0.1) is 0 Å². The molecule has 144 valence electrons. The van der Waals surface area contributed by atoms with Crippen LogP contribution in [-0.4, -0.2) is 53.2 Å². The molecule has 1 fully saturated rings. The van der Waals surface area contributed by atoms with E-state index in [1.807, 2.05) is 25.7 Å². The summed E-state index contributed by atoms with van der Waals surface area (Å²) < 4.78 is 5.55. The number of ether oxygens (including phenoxy) is 1. The van der Waals surface area contributed by atoms with Gasteiger partial charge in [0.15, 0.2) is 0 Å². The summed E-state index contributed by atoms with van der Waals surface area (Å²) in [4.78, 5) is 16.9. The maximum Gasteiger partial charge on any atom is 0.410 e. The summed E-state index contributed by atoms with van der Waals surface area (Å²) in [5, 5.41) is 0. The lowest BCUT2D eigenvalue weighted by molar-refractivity contribution is -0.00669. The quantitative estimate of drug-likeness (QED) is 0.815. The van der Waals surface area contributed by atoms with Crippen LogP contribution in [0.1, 0.15) is 52.2 Å². The zero-order valence-corrected chi connectivity index (χ0v) is 17.0. The van der Waals surface area contributed by atoms with Gasteiger partial charge in [0.1, 0.15) is 5.60 Å². The Kier molecular flexibility index (Phi) is 5.34. The summed E-state index contributed by atoms with van der Waals surface area (Å²) in [5.74, 6) is 0.660. The van der Waals surface area contributed by atoms with E-state index in [2.05, 4.69) is 43.0 Å². The Morgan fingerprint density at radius 2 is 1.62 bits per heavy atom. The number of benzene rings is 1. The topological polar surface area (TPSA) is 32.8 Å². The van der Waals surface area contributed by atoms with Crippen molar-refractivity contribution < 1.29 is 9.53 Å². The molecule has 0 spiro atoms. The molecule has 4 nitrogen and oxygen atoms in total. The second kappa shape index (κ2) is 7.22. The molecule has 1 aliphatic heterocycles. The van der Waals surface area contributed by atoms with Crippen LogP contribution in [0.3, 0.4) is 0 Å². The van der Waals surface area contributed by atoms with Crippen molar-refractivity contribution in [2.24, 2.45) is 5.92 Å². The first-order chi connectivity index (χ1) is 12.2. The van der Waals surface area contributed by atoms with Crippen LogP contribution in [-0.2, 0) is 17.6 Å². The molecule has 0 saturated carbocycles. The Labute approximate surface area is 158 Å². The van der Waals surface area contributed by atoms with Crippen molar-refractivity contribution in [1.82, 2.24) is 9.80 Å². The van der Waals surface area contributed by atoms with Gasteiger partial charge in [-0.2, -0.15) is 0 Å². The maximum absolute atomic E-state index is 12.4. The lowest BCUT2D eigenvalue weighted by atomic mass is 9.83. The van der Waals surface area contributed by atoms with E-state index in [0.717, 1.165) is 39.0 Å². The van der Waals surface area contributed by atoms with E-state index in [4.69, 9.17) is 4.74 Å². The molecule has 0 bridgehead atoms. The van der Waals surface area contributed by atoms with E-state index in [9.17, 15) is 4.79 Å². The summed E-state index contributed by atoms with van der Waals surface area (Å²) >= 11 is 0. The molecule has 2 aliphatic rings. The Bertz CT molecular complexity index is 615. The number of fused-ring (bicyclic) bond motifs is 1. The average Bonchev–Trinajstić information content (AvgIpc) is 2.91.